The second kappa shape index (κ2) is 5.27. The molecule has 0 aliphatic carbocycles. The molecule has 6 nitrogen and oxygen atoms in total. The van der Waals surface area contributed by atoms with Crippen molar-refractivity contribution < 1.29 is 4.79 Å². The third kappa shape index (κ3) is 2.85. The van der Waals surface area contributed by atoms with E-state index < -0.39 is 0 Å². The van der Waals surface area contributed by atoms with Crippen LogP contribution in [-0.2, 0) is 11.3 Å². The van der Waals surface area contributed by atoms with Gasteiger partial charge in [0.05, 0.1) is 22.8 Å². The highest BCUT2D eigenvalue weighted by Crippen LogP contribution is 2.18. The van der Waals surface area contributed by atoms with Crippen molar-refractivity contribution in [3.05, 3.63) is 34.9 Å². The molecule has 0 atom stereocenters. The summed E-state index contributed by atoms with van der Waals surface area (Å²) in [6, 6.07) is 3.38. The molecule has 0 bridgehead atoms. The van der Waals surface area contributed by atoms with Crippen LogP contribution < -0.4 is 11.1 Å². The minimum Gasteiger partial charge on any atom is -0.396 e. The van der Waals surface area contributed by atoms with Gasteiger partial charge in [-0.25, -0.2) is 4.98 Å². The normalized spacial score (nSPS) is 10.5. The van der Waals surface area contributed by atoms with Gasteiger partial charge >= 0.3 is 0 Å². The third-order valence-corrected chi connectivity index (χ3v) is 3.07. The van der Waals surface area contributed by atoms with E-state index in [1.54, 1.807) is 29.9 Å². The zero-order valence-electron chi connectivity index (χ0n) is 10.6. The fourth-order valence-corrected chi connectivity index (χ4v) is 1.84. The minimum atomic E-state index is -0.236. The zero-order chi connectivity index (χ0) is 14.0. The number of anilines is 2. The van der Waals surface area contributed by atoms with Crippen molar-refractivity contribution >= 4 is 28.9 Å². The van der Waals surface area contributed by atoms with Crippen molar-refractivity contribution in [2.45, 2.75) is 20.4 Å². The highest BCUT2D eigenvalue weighted by molar-refractivity contribution is 6.32. The molecule has 100 valence electrons. The molecule has 0 saturated carbocycles. The van der Waals surface area contributed by atoms with Crippen LogP contribution in [0.3, 0.4) is 0 Å². The van der Waals surface area contributed by atoms with Crippen LogP contribution in [0.5, 0.6) is 0 Å². The standard InChI is InChI=1S/C12H14ClN5O/c1-7-11(14)8(2)18(17-7)6-10(19)16-9-4-3-5-15-12(9)13/h3-5H,6,14H2,1-2H3,(H,16,19). The Morgan fingerprint density at radius 3 is 2.84 bits per heavy atom. The second-order valence-corrected chi connectivity index (χ2v) is 4.49. The smallest absolute Gasteiger partial charge is 0.246 e. The molecule has 1 amide bonds. The minimum absolute atomic E-state index is 0.0785. The monoisotopic (exact) mass is 279 g/mol. The predicted octanol–water partition coefficient (Wildman–Crippen LogP) is 1.77. The molecule has 0 fully saturated rings. The van der Waals surface area contributed by atoms with Crippen LogP contribution in [0.15, 0.2) is 18.3 Å². The first-order valence-electron chi connectivity index (χ1n) is 5.69. The fraction of sp³-hybridized carbons (Fsp3) is 0.250. The molecular weight excluding hydrogens is 266 g/mol. The average molecular weight is 280 g/mol. The molecule has 2 aromatic rings. The number of halogens is 1. The van der Waals surface area contributed by atoms with Gasteiger partial charge in [-0.3, -0.25) is 9.48 Å². The summed E-state index contributed by atoms with van der Waals surface area (Å²) in [6.07, 6.45) is 1.56. The van der Waals surface area contributed by atoms with E-state index in [0.29, 0.717) is 17.1 Å². The Kier molecular flexibility index (Phi) is 3.71. The quantitative estimate of drug-likeness (QED) is 0.839. The largest absolute Gasteiger partial charge is 0.396 e. The first-order chi connectivity index (χ1) is 8.99. The number of carbonyl (C=O) groups excluding carboxylic acids is 1. The molecule has 2 aromatic heterocycles. The average Bonchev–Trinajstić information content (AvgIpc) is 2.60. The van der Waals surface area contributed by atoms with Crippen LogP contribution in [0.4, 0.5) is 11.4 Å². The van der Waals surface area contributed by atoms with Crippen LogP contribution >= 0.6 is 11.6 Å². The van der Waals surface area contributed by atoms with Gasteiger partial charge in [-0.1, -0.05) is 11.6 Å². The summed E-state index contributed by atoms with van der Waals surface area (Å²) >= 11 is 5.86. The third-order valence-electron chi connectivity index (χ3n) is 2.76. The maximum absolute atomic E-state index is 11.9. The summed E-state index contributed by atoms with van der Waals surface area (Å²) in [7, 11) is 0. The Bertz CT molecular complexity index is 623. The van der Waals surface area contributed by atoms with Crippen LogP contribution in [0.25, 0.3) is 0 Å². The van der Waals surface area contributed by atoms with Crippen molar-refractivity contribution in [2.24, 2.45) is 0 Å². The molecule has 0 aliphatic heterocycles. The van der Waals surface area contributed by atoms with E-state index in [2.05, 4.69) is 15.4 Å². The van der Waals surface area contributed by atoms with Gasteiger partial charge in [-0.2, -0.15) is 5.10 Å². The molecule has 19 heavy (non-hydrogen) atoms. The fourth-order valence-electron chi connectivity index (χ4n) is 1.67. The molecule has 0 aromatic carbocycles. The van der Waals surface area contributed by atoms with E-state index in [9.17, 15) is 4.79 Å². The SMILES string of the molecule is Cc1nn(CC(=O)Nc2cccnc2Cl)c(C)c1N. The van der Waals surface area contributed by atoms with Crippen molar-refractivity contribution in [3.8, 4) is 0 Å². The molecule has 0 saturated heterocycles. The Labute approximate surface area is 115 Å². The van der Waals surface area contributed by atoms with Crippen LogP contribution in [0.2, 0.25) is 5.15 Å². The molecule has 0 spiro atoms. The van der Waals surface area contributed by atoms with E-state index in [-0.39, 0.29) is 17.6 Å². The van der Waals surface area contributed by atoms with Crippen molar-refractivity contribution in [2.75, 3.05) is 11.1 Å². The molecule has 7 heteroatoms. The summed E-state index contributed by atoms with van der Waals surface area (Å²) in [5.41, 5.74) is 8.37. The molecule has 2 rings (SSSR count). The van der Waals surface area contributed by atoms with Gasteiger partial charge in [0.15, 0.2) is 5.15 Å². The lowest BCUT2D eigenvalue weighted by molar-refractivity contribution is -0.116. The molecule has 0 unspecified atom stereocenters. The van der Waals surface area contributed by atoms with Crippen molar-refractivity contribution in [1.29, 1.82) is 0 Å². The highest BCUT2D eigenvalue weighted by atomic mass is 35.5. The number of hydrogen-bond acceptors (Lipinski definition) is 4. The first kappa shape index (κ1) is 13.4. The number of rotatable bonds is 3. The second-order valence-electron chi connectivity index (χ2n) is 4.13. The number of hydrogen-bond donors (Lipinski definition) is 2. The molecule has 3 N–H and O–H groups in total. The number of nitrogens with two attached hydrogens (primary N) is 1. The maximum Gasteiger partial charge on any atom is 0.246 e. The number of carbonyl (C=O) groups is 1. The highest BCUT2D eigenvalue weighted by Gasteiger charge is 2.12. The Balaban J connectivity index is 2.10. The Morgan fingerprint density at radius 1 is 1.53 bits per heavy atom. The molecule has 0 radical (unpaired) electrons. The van der Waals surface area contributed by atoms with E-state index in [1.807, 2.05) is 6.92 Å². The molecule has 0 aliphatic rings. The lowest BCUT2D eigenvalue weighted by Gasteiger charge is -2.07. The zero-order valence-corrected chi connectivity index (χ0v) is 11.4. The Hall–Kier alpha value is -2.08. The van der Waals surface area contributed by atoms with E-state index in [0.717, 1.165) is 5.69 Å². The Morgan fingerprint density at radius 2 is 2.26 bits per heavy atom. The van der Waals surface area contributed by atoms with Crippen LogP contribution in [0, 0.1) is 13.8 Å². The van der Waals surface area contributed by atoms with Gasteiger partial charge in [0, 0.05) is 6.20 Å². The van der Waals surface area contributed by atoms with E-state index in [1.165, 1.54) is 0 Å². The molecule has 2 heterocycles. The van der Waals surface area contributed by atoms with Crippen molar-refractivity contribution in [3.63, 3.8) is 0 Å². The summed E-state index contributed by atoms with van der Waals surface area (Å²) in [4.78, 5) is 15.8. The van der Waals surface area contributed by atoms with Gasteiger partial charge in [0.25, 0.3) is 0 Å². The first-order valence-corrected chi connectivity index (χ1v) is 6.06. The summed E-state index contributed by atoms with van der Waals surface area (Å²) in [5, 5.41) is 7.13. The van der Waals surface area contributed by atoms with Gasteiger partial charge in [0.2, 0.25) is 5.91 Å². The van der Waals surface area contributed by atoms with E-state index >= 15 is 0 Å². The lowest BCUT2D eigenvalue weighted by atomic mass is 10.3. The predicted molar refractivity (Wildman–Crippen MR) is 74.0 cm³/mol. The van der Waals surface area contributed by atoms with E-state index in [4.69, 9.17) is 17.3 Å². The topological polar surface area (TPSA) is 85.8 Å². The van der Waals surface area contributed by atoms with Gasteiger partial charge < -0.3 is 11.1 Å². The van der Waals surface area contributed by atoms with Crippen LogP contribution in [0.1, 0.15) is 11.4 Å². The summed E-state index contributed by atoms with van der Waals surface area (Å²) in [5.74, 6) is -0.236. The summed E-state index contributed by atoms with van der Waals surface area (Å²) < 4.78 is 1.56. The van der Waals surface area contributed by atoms with Crippen LogP contribution in [-0.4, -0.2) is 20.7 Å². The maximum atomic E-state index is 11.9. The van der Waals surface area contributed by atoms with Gasteiger partial charge in [-0.05, 0) is 26.0 Å². The number of aromatic nitrogens is 3. The number of nitrogens with zero attached hydrogens (tertiary/aromatic N) is 3. The van der Waals surface area contributed by atoms with Gasteiger partial charge in [-0.15, -0.1) is 0 Å². The summed E-state index contributed by atoms with van der Waals surface area (Å²) in [6.45, 7) is 3.70. The lowest BCUT2D eigenvalue weighted by Crippen LogP contribution is -2.20. The number of nitrogen functional groups attached to an aromatic ring is 1. The van der Waals surface area contributed by atoms with Gasteiger partial charge in [0.1, 0.15) is 6.54 Å². The number of amides is 1. The number of aryl methyl sites for hydroxylation is 1. The number of nitrogens with one attached hydrogen (secondary N) is 1. The van der Waals surface area contributed by atoms with Crippen molar-refractivity contribution in [1.82, 2.24) is 14.8 Å². The number of pyridine rings is 1. The molecular formula is C12H14ClN5O.